The minimum atomic E-state index is 0.758. The molecule has 0 bridgehead atoms. The van der Waals surface area contributed by atoms with E-state index in [0.29, 0.717) is 0 Å². The maximum atomic E-state index is 5.20. The highest BCUT2D eigenvalue weighted by atomic mass is 16.5. The van der Waals surface area contributed by atoms with E-state index >= 15 is 0 Å². The molecule has 5 heteroatoms. The van der Waals surface area contributed by atoms with Crippen molar-refractivity contribution in [3.8, 4) is 0 Å². The van der Waals surface area contributed by atoms with Gasteiger partial charge in [0.2, 0.25) is 0 Å². The third kappa shape index (κ3) is 6.20. The van der Waals surface area contributed by atoms with Crippen molar-refractivity contribution >= 4 is 5.96 Å². The molecule has 0 saturated heterocycles. The highest BCUT2D eigenvalue weighted by Crippen LogP contribution is 2.25. The summed E-state index contributed by atoms with van der Waals surface area (Å²) in [5.74, 6) is 0.857. The van der Waals surface area contributed by atoms with Gasteiger partial charge in [-0.15, -0.1) is 0 Å². The highest BCUT2D eigenvalue weighted by molar-refractivity contribution is 5.79. The molecule has 1 aromatic rings. The van der Waals surface area contributed by atoms with Gasteiger partial charge in [-0.1, -0.05) is 24.3 Å². The zero-order valence-corrected chi connectivity index (χ0v) is 14.6. The Morgan fingerprint density at radius 1 is 1.26 bits per heavy atom. The number of aryl methyl sites for hydroxylation is 1. The van der Waals surface area contributed by atoms with E-state index in [2.05, 4.69) is 51.7 Å². The van der Waals surface area contributed by atoms with Crippen molar-refractivity contribution in [1.29, 1.82) is 0 Å². The van der Waals surface area contributed by atoms with Crippen LogP contribution < -0.4 is 10.6 Å². The van der Waals surface area contributed by atoms with E-state index in [1.165, 1.54) is 24.0 Å². The Kier molecular flexibility index (Phi) is 7.36. The van der Waals surface area contributed by atoms with E-state index in [4.69, 9.17) is 4.74 Å². The van der Waals surface area contributed by atoms with Gasteiger partial charge in [-0.25, -0.2) is 0 Å². The second kappa shape index (κ2) is 9.53. The zero-order chi connectivity index (χ0) is 16.5. The van der Waals surface area contributed by atoms with Crippen LogP contribution in [-0.4, -0.2) is 57.3 Å². The molecule has 1 aromatic carbocycles. The predicted molar refractivity (Wildman–Crippen MR) is 95.9 cm³/mol. The summed E-state index contributed by atoms with van der Waals surface area (Å²) < 4.78 is 5.20. The standard InChI is InChI=1S/C18H30N4O/c1-15-6-4-5-7-16(15)14-21-18(19-2)20-10-11-22(12-13-23-3)17-8-9-17/h4-7,17H,8-14H2,1-3H3,(H2,19,20,21). The molecule has 0 amide bonds. The lowest BCUT2D eigenvalue weighted by molar-refractivity contribution is 0.144. The molecule has 0 radical (unpaired) electrons. The molecule has 1 aliphatic rings. The number of methoxy groups -OCH3 is 1. The lowest BCUT2D eigenvalue weighted by atomic mass is 10.1. The summed E-state index contributed by atoms with van der Waals surface area (Å²) in [5, 5.41) is 6.79. The second-order valence-corrected chi connectivity index (χ2v) is 6.04. The van der Waals surface area contributed by atoms with E-state index in [1.54, 1.807) is 7.11 Å². The number of benzene rings is 1. The first-order valence-electron chi connectivity index (χ1n) is 8.46. The number of guanidine groups is 1. The minimum absolute atomic E-state index is 0.758. The Morgan fingerprint density at radius 3 is 2.70 bits per heavy atom. The quantitative estimate of drug-likeness (QED) is 0.538. The van der Waals surface area contributed by atoms with Crippen LogP contribution in [0.3, 0.4) is 0 Å². The van der Waals surface area contributed by atoms with E-state index in [-0.39, 0.29) is 0 Å². The van der Waals surface area contributed by atoms with Crippen LogP contribution in [0.1, 0.15) is 24.0 Å². The number of ether oxygens (including phenoxy) is 1. The van der Waals surface area contributed by atoms with Gasteiger partial charge in [-0.2, -0.15) is 0 Å². The van der Waals surface area contributed by atoms with Gasteiger partial charge in [0.25, 0.3) is 0 Å². The molecule has 1 saturated carbocycles. The maximum absolute atomic E-state index is 5.20. The Balaban J connectivity index is 1.71. The van der Waals surface area contributed by atoms with Crippen molar-refractivity contribution in [3.05, 3.63) is 35.4 Å². The molecule has 1 aliphatic carbocycles. The smallest absolute Gasteiger partial charge is 0.191 e. The molecule has 2 rings (SSSR count). The van der Waals surface area contributed by atoms with Crippen LogP contribution in [0.25, 0.3) is 0 Å². The number of nitrogens with zero attached hydrogens (tertiary/aromatic N) is 2. The molecule has 0 spiro atoms. The lowest BCUT2D eigenvalue weighted by Gasteiger charge is -2.22. The normalized spacial score (nSPS) is 15.0. The first kappa shape index (κ1) is 17.8. The van der Waals surface area contributed by atoms with Gasteiger partial charge in [0.1, 0.15) is 0 Å². The Bertz CT molecular complexity index is 500. The summed E-state index contributed by atoms with van der Waals surface area (Å²) in [6, 6.07) is 9.18. The van der Waals surface area contributed by atoms with Gasteiger partial charge in [-0.05, 0) is 30.9 Å². The van der Waals surface area contributed by atoms with Crippen LogP contribution in [-0.2, 0) is 11.3 Å². The van der Waals surface area contributed by atoms with Gasteiger partial charge < -0.3 is 15.4 Å². The van der Waals surface area contributed by atoms with Crippen LogP contribution in [0.15, 0.2) is 29.3 Å². The van der Waals surface area contributed by atoms with Gasteiger partial charge in [0, 0.05) is 46.4 Å². The van der Waals surface area contributed by atoms with Crippen molar-refractivity contribution in [1.82, 2.24) is 15.5 Å². The van der Waals surface area contributed by atoms with E-state index < -0.39 is 0 Å². The lowest BCUT2D eigenvalue weighted by Crippen LogP contribution is -2.42. The molecule has 0 heterocycles. The number of hydrogen-bond donors (Lipinski definition) is 2. The monoisotopic (exact) mass is 318 g/mol. The predicted octanol–water partition coefficient (Wildman–Crippen LogP) is 1.77. The number of hydrogen-bond acceptors (Lipinski definition) is 3. The zero-order valence-electron chi connectivity index (χ0n) is 14.6. The molecule has 128 valence electrons. The maximum Gasteiger partial charge on any atom is 0.191 e. The van der Waals surface area contributed by atoms with E-state index in [1.807, 2.05) is 7.05 Å². The fourth-order valence-corrected chi connectivity index (χ4v) is 2.65. The third-order valence-electron chi connectivity index (χ3n) is 4.27. The Morgan fingerprint density at radius 2 is 2.04 bits per heavy atom. The second-order valence-electron chi connectivity index (χ2n) is 6.04. The topological polar surface area (TPSA) is 48.9 Å². The van der Waals surface area contributed by atoms with Crippen LogP contribution in [0, 0.1) is 6.92 Å². The summed E-state index contributed by atoms with van der Waals surface area (Å²) in [6.45, 7) is 6.67. The van der Waals surface area contributed by atoms with Gasteiger partial charge in [0.05, 0.1) is 6.61 Å². The minimum Gasteiger partial charge on any atom is -0.383 e. The van der Waals surface area contributed by atoms with Crippen LogP contribution >= 0.6 is 0 Å². The fraction of sp³-hybridized carbons (Fsp3) is 0.611. The van der Waals surface area contributed by atoms with Gasteiger partial charge in [-0.3, -0.25) is 9.89 Å². The summed E-state index contributed by atoms with van der Waals surface area (Å²) in [4.78, 5) is 6.81. The van der Waals surface area contributed by atoms with Crippen molar-refractivity contribution < 1.29 is 4.74 Å². The SMILES string of the molecule is CN=C(NCCN(CCOC)C1CC1)NCc1ccccc1C. The Hall–Kier alpha value is -1.59. The summed E-state index contributed by atoms with van der Waals surface area (Å²) >= 11 is 0. The average Bonchev–Trinajstić information content (AvgIpc) is 3.40. The average molecular weight is 318 g/mol. The van der Waals surface area contributed by atoms with Crippen molar-refractivity contribution in [2.24, 2.45) is 4.99 Å². The summed E-state index contributed by atoms with van der Waals surface area (Å²) in [6.07, 6.45) is 2.65. The van der Waals surface area contributed by atoms with Gasteiger partial charge in [0.15, 0.2) is 5.96 Å². The molecule has 0 aliphatic heterocycles. The van der Waals surface area contributed by atoms with Crippen LogP contribution in [0.4, 0.5) is 0 Å². The molecular weight excluding hydrogens is 288 g/mol. The number of aliphatic imine (C=N–C) groups is 1. The molecule has 2 N–H and O–H groups in total. The number of rotatable bonds is 9. The highest BCUT2D eigenvalue weighted by Gasteiger charge is 2.28. The fourth-order valence-electron chi connectivity index (χ4n) is 2.65. The van der Waals surface area contributed by atoms with Crippen molar-refractivity contribution in [3.63, 3.8) is 0 Å². The largest absolute Gasteiger partial charge is 0.383 e. The third-order valence-corrected chi connectivity index (χ3v) is 4.27. The number of nitrogens with one attached hydrogen (secondary N) is 2. The van der Waals surface area contributed by atoms with Crippen molar-refractivity contribution in [2.75, 3.05) is 40.4 Å². The Labute approximate surface area is 140 Å². The van der Waals surface area contributed by atoms with Crippen LogP contribution in [0.5, 0.6) is 0 Å². The molecule has 0 atom stereocenters. The molecular formula is C18H30N4O. The van der Waals surface area contributed by atoms with E-state index in [0.717, 1.165) is 44.8 Å². The van der Waals surface area contributed by atoms with Crippen LogP contribution in [0.2, 0.25) is 0 Å². The van der Waals surface area contributed by atoms with Crippen molar-refractivity contribution in [2.45, 2.75) is 32.4 Å². The molecule has 0 unspecified atom stereocenters. The molecule has 5 nitrogen and oxygen atoms in total. The summed E-state index contributed by atoms with van der Waals surface area (Å²) in [5.41, 5.74) is 2.60. The first-order chi connectivity index (χ1) is 11.2. The van der Waals surface area contributed by atoms with Gasteiger partial charge >= 0.3 is 0 Å². The molecule has 1 fully saturated rings. The first-order valence-corrected chi connectivity index (χ1v) is 8.46. The van der Waals surface area contributed by atoms with E-state index in [9.17, 15) is 0 Å². The summed E-state index contributed by atoms with van der Waals surface area (Å²) in [7, 11) is 3.58. The molecule has 0 aromatic heterocycles. The molecule has 23 heavy (non-hydrogen) atoms.